The molecule has 5 heterocycles. The van der Waals surface area contributed by atoms with Gasteiger partial charge in [0.2, 0.25) is 0 Å². The molecule has 0 radical (unpaired) electrons. The smallest absolute Gasteiger partial charge is 0.146 e. The summed E-state index contributed by atoms with van der Waals surface area (Å²) < 4.78 is 7.00. The Labute approximate surface area is 350 Å². The van der Waals surface area contributed by atoms with Gasteiger partial charge in [0.25, 0.3) is 0 Å². The number of para-hydroxylation sites is 4. The van der Waals surface area contributed by atoms with Crippen LogP contribution in [0.5, 0.6) is 0 Å². The highest BCUT2D eigenvalue weighted by Gasteiger charge is 2.20. The molecule has 0 aliphatic carbocycles. The first kappa shape index (κ1) is 33.7. The fraction of sp³-hybridized carbons (Fsp3) is 0. The fourth-order valence-electron chi connectivity index (χ4n) is 9.70. The number of rotatable bonds is 5. The second kappa shape index (κ2) is 13.1. The van der Waals surface area contributed by atoms with Gasteiger partial charge >= 0.3 is 0 Å². The lowest BCUT2D eigenvalue weighted by atomic mass is 9.97. The van der Waals surface area contributed by atoms with Crippen molar-refractivity contribution in [1.29, 1.82) is 0 Å². The summed E-state index contributed by atoms with van der Waals surface area (Å²) in [4.78, 5) is 10.8. The first-order valence-electron chi connectivity index (χ1n) is 20.7. The minimum absolute atomic E-state index is 0.913. The highest BCUT2D eigenvalue weighted by molar-refractivity contribution is 6.17. The Morgan fingerprint density at radius 3 is 1.41 bits per heavy atom. The van der Waals surface area contributed by atoms with Crippen LogP contribution in [0, 0.1) is 0 Å². The zero-order valence-corrected chi connectivity index (χ0v) is 32.9. The topological polar surface area (TPSA) is 40.0 Å². The normalized spacial score (nSPS) is 11.9. The number of imidazole rings is 1. The Hall–Kier alpha value is -8.28. The number of nitrogens with zero attached hydrogens (tertiary/aromatic N) is 5. The van der Waals surface area contributed by atoms with Crippen LogP contribution in [0.1, 0.15) is 0 Å². The van der Waals surface area contributed by atoms with Crippen molar-refractivity contribution in [1.82, 2.24) is 23.5 Å². The molecule has 0 N–H and O–H groups in total. The van der Waals surface area contributed by atoms with Crippen molar-refractivity contribution >= 4 is 70.9 Å². The van der Waals surface area contributed by atoms with Crippen molar-refractivity contribution in [3.8, 4) is 45.0 Å². The molecule has 0 saturated heterocycles. The molecule has 0 bridgehead atoms. The van der Waals surface area contributed by atoms with Crippen LogP contribution in [-0.2, 0) is 0 Å². The van der Waals surface area contributed by atoms with E-state index in [1.54, 1.807) is 0 Å². The van der Waals surface area contributed by atoms with Crippen LogP contribution >= 0.6 is 0 Å². The molecule has 0 aliphatic rings. The third-order valence-electron chi connectivity index (χ3n) is 12.4. The molecule has 0 amide bonds. The molecule has 0 fully saturated rings. The monoisotopic (exact) mass is 777 g/mol. The van der Waals surface area contributed by atoms with Crippen LogP contribution < -0.4 is 0 Å². The van der Waals surface area contributed by atoms with Gasteiger partial charge in [-0.3, -0.25) is 0 Å². The molecular formula is C56H35N5. The molecule has 61 heavy (non-hydrogen) atoms. The predicted octanol–water partition coefficient (Wildman–Crippen LogP) is 14.2. The van der Waals surface area contributed by atoms with E-state index in [0.29, 0.717) is 0 Å². The van der Waals surface area contributed by atoms with Gasteiger partial charge in [0.15, 0.2) is 0 Å². The van der Waals surface area contributed by atoms with Crippen LogP contribution in [0.15, 0.2) is 213 Å². The second-order valence-electron chi connectivity index (χ2n) is 15.9. The van der Waals surface area contributed by atoms with Gasteiger partial charge in [0.05, 0.1) is 39.0 Å². The van der Waals surface area contributed by atoms with Gasteiger partial charge in [-0.25, -0.2) is 9.97 Å². The second-order valence-corrected chi connectivity index (χ2v) is 15.9. The third kappa shape index (κ3) is 5.14. The molecule has 13 aromatic rings. The molecule has 0 saturated carbocycles. The Kier molecular flexibility index (Phi) is 7.24. The zero-order chi connectivity index (χ0) is 40.0. The Morgan fingerprint density at radius 2 is 0.852 bits per heavy atom. The number of benzene rings is 8. The fourth-order valence-corrected chi connectivity index (χ4v) is 9.70. The molecule has 5 aromatic heterocycles. The Morgan fingerprint density at radius 1 is 0.344 bits per heavy atom. The largest absolute Gasteiger partial charge is 0.309 e. The lowest BCUT2D eigenvalue weighted by molar-refractivity contribution is 1.13. The Bertz CT molecular complexity index is 3630. The van der Waals surface area contributed by atoms with Gasteiger partial charge in [0, 0.05) is 72.6 Å². The average molecular weight is 778 g/mol. The van der Waals surface area contributed by atoms with Crippen LogP contribution in [0.2, 0.25) is 0 Å². The minimum atomic E-state index is 0.913. The first-order chi connectivity index (χ1) is 30.2. The zero-order valence-electron chi connectivity index (χ0n) is 32.9. The molecule has 8 aromatic carbocycles. The molecule has 0 aliphatic heterocycles. The molecule has 13 rings (SSSR count). The number of pyridine rings is 2. The molecule has 0 unspecified atom stereocenters. The number of fused-ring (bicyclic) bond motifs is 11. The van der Waals surface area contributed by atoms with E-state index in [4.69, 9.17) is 9.97 Å². The van der Waals surface area contributed by atoms with E-state index in [1.807, 2.05) is 6.07 Å². The summed E-state index contributed by atoms with van der Waals surface area (Å²) in [5, 5.41) is 8.16. The maximum atomic E-state index is 5.49. The number of aromatic nitrogens is 5. The van der Waals surface area contributed by atoms with Gasteiger partial charge in [-0.15, -0.1) is 0 Å². The SMILES string of the molecule is c1ccc(-c2cn3ccc4c(-c5ccccc5)nc5cc(-c6cc(-n7c8ccccc8c8ccccc87)cc(-n7c8ccccc8c8ccccc87)c6)ccc5c4c3n2)cc1. The van der Waals surface area contributed by atoms with Crippen LogP contribution in [0.25, 0.3) is 116 Å². The van der Waals surface area contributed by atoms with Crippen molar-refractivity contribution in [2.45, 2.75) is 0 Å². The first-order valence-corrected chi connectivity index (χ1v) is 20.7. The maximum Gasteiger partial charge on any atom is 0.146 e. The van der Waals surface area contributed by atoms with Crippen LogP contribution in [0.3, 0.4) is 0 Å². The summed E-state index contributed by atoms with van der Waals surface area (Å²) in [5.41, 5.74) is 14.9. The highest BCUT2D eigenvalue weighted by Crippen LogP contribution is 2.40. The van der Waals surface area contributed by atoms with E-state index in [0.717, 1.165) is 72.3 Å². The van der Waals surface area contributed by atoms with E-state index >= 15 is 0 Å². The standard InChI is InChI=1S/C56H35N5/c1-3-15-36(16-4-1)49-35-59-30-29-47-54(56(59)58-49)46-28-27-38(33-48(46)57-55(47)37-17-5-2-6-18-37)39-31-40(60-50-23-11-7-19-42(50)43-20-8-12-24-51(43)60)34-41(32-39)61-52-25-13-9-21-44(52)45-22-10-14-26-53(45)61/h1-35H. The summed E-state index contributed by atoms with van der Waals surface area (Å²) in [7, 11) is 0. The van der Waals surface area contributed by atoms with Gasteiger partial charge in [0.1, 0.15) is 5.65 Å². The van der Waals surface area contributed by atoms with Crippen molar-refractivity contribution in [2.75, 3.05) is 0 Å². The van der Waals surface area contributed by atoms with E-state index in [-0.39, 0.29) is 0 Å². The van der Waals surface area contributed by atoms with Gasteiger partial charge < -0.3 is 13.5 Å². The van der Waals surface area contributed by atoms with Gasteiger partial charge in [-0.05, 0) is 65.7 Å². The molecule has 5 heteroatoms. The average Bonchev–Trinajstić information content (AvgIpc) is 4.02. The van der Waals surface area contributed by atoms with Crippen molar-refractivity contribution in [3.63, 3.8) is 0 Å². The number of hydrogen-bond acceptors (Lipinski definition) is 2. The highest BCUT2D eigenvalue weighted by atomic mass is 15.0. The summed E-state index contributed by atoms with van der Waals surface area (Å²) in [6.07, 6.45) is 4.24. The van der Waals surface area contributed by atoms with Crippen LogP contribution in [-0.4, -0.2) is 23.5 Å². The summed E-state index contributed by atoms with van der Waals surface area (Å²) >= 11 is 0. The van der Waals surface area contributed by atoms with E-state index < -0.39 is 0 Å². The minimum Gasteiger partial charge on any atom is -0.309 e. The summed E-state index contributed by atoms with van der Waals surface area (Å²) in [5.74, 6) is 0. The molecule has 284 valence electrons. The quantitative estimate of drug-likeness (QED) is 0.163. The summed E-state index contributed by atoms with van der Waals surface area (Å²) in [6, 6.07) is 71.9. The van der Waals surface area contributed by atoms with Gasteiger partial charge in [-0.1, -0.05) is 146 Å². The van der Waals surface area contributed by atoms with E-state index in [2.05, 4.69) is 220 Å². The van der Waals surface area contributed by atoms with Crippen molar-refractivity contribution < 1.29 is 0 Å². The summed E-state index contributed by atoms with van der Waals surface area (Å²) in [6.45, 7) is 0. The maximum absolute atomic E-state index is 5.49. The third-order valence-corrected chi connectivity index (χ3v) is 12.4. The van der Waals surface area contributed by atoms with Crippen molar-refractivity contribution in [2.24, 2.45) is 0 Å². The Balaban J connectivity index is 1.10. The molecule has 0 atom stereocenters. The lowest BCUT2D eigenvalue weighted by Crippen LogP contribution is -2.00. The predicted molar refractivity (Wildman–Crippen MR) is 253 cm³/mol. The van der Waals surface area contributed by atoms with Gasteiger partial charge in [-0.2, -0.15) is 0 Å². The van der Waals surface area contributed by atoms with E-state index in [9.17, 15) is 0 Å². The number of hydrogen-bond donors (Lipinski definition) is 0. The van der Waals surface area contributed by atoms with Crippen molar-refractivity contribution in [3.05, 3.63) is 213 Å². The molecular weight excluding hydrogens is 743 g/mol. The van der Waals surface area contributed by atoms with Crippen LogP contribution in [0.4, 0.5) is 0 Å². The molecule has 5 nitrogen and oxygen atoms in total. The van der Waals surface area contributed by atoms with E-state index in [1.165, 1.54) is 43.6 Å². The molecule has 0 spiro atoms. The lowest BCUT2D eigenvalue weighted by Gasteiger charge is -2.16.